The van der Waals surface area contributed by atoms with Crippen LogP contribution >= 0.6 is 0 Å². The Morgan fingerprint density at radius 1 is 1.45 bits per heavy atom. The van der Waals surface area contributed by atoms with E-state index < -0.39 is 0 Å². The zero-order chi connectivity index (χ0) is 15.7. The number of hydrogen-bond acceptors (Lipinski definition) is 4. The maximum absolute atomic E-state index is 12.6. The maximum atomic E-state index is 12.6. The monoisotopic (exact) mass is 299 g/mol. The van der Waals surface area contributed by atoms with E-state index in [4.69, 9.17) is 4.52 Å². The Hall–Kier alpha value is -2.63. The summed E-state index contributed by atoms with van der Waals surface area (Å²) in [6.07, 6.45) is 1.51. The van der Waals surface area contributed by atoms with Gasteiger partial charge in [0.2, 0.25) is 0 Å². The molecule has 0 aliphatic carbocycles. The van der Waals surface area contributed by atoms with Gasteiger partial charge in [0.25, 0.3) is 11.8 Å². The molecule has 114 valence electrons. The number of amides is 2. The molecular formula is C16H17N3O3. The minimum Gasteiger partial charge on any atom is -0.360 e. The molecule has 6 nitrogen and oxygen atoms in total. The van der Waals surface area contributed by atoms with E-state index in [1.165, 1.54) is 0 Å². The first kappa shape index (κ1) is 14.3. The molecule has 22 heavy (non-hydrogen) atoms. The molecular weight excluding hydrogens is 282 g/mol. The summed E-state index contributed by atoms with van der Waals surface area (Å²) in [6.45, 7) is 4.24. The normalized spacial score (nSPS) is 12.9. The number of rotatable bonds is 4. The number of nitrogens with zero attached hydrogens (tertiary/aromatic N) is 1. The number of nitrogens with one attached hydrogen (secondary N) is 2. The van der Waals surface area contributed by atoms with Crippen LogP contribution in [0, 0.1) is 6.92 Å². The minimum absolute atomic E-state index is 0.165. The molecule has 3 rings (SSSR count). The summed E-state index contributed by atoms with van der Waals surface area (Å²) >= 11 is 0. The van der Waals surface area contributed by atoms with E-state index in [1.807, 2.05) is 19.1 Å². The molecule has 2 N–H and O–H groups in total. The number of carbonyl (C=O) groups excluding carboxylic acids is 2. The van der Waals surface area contributed by atoms with Crippen molar-refractivity contribution in [3.05, 3.63) is 46.3 Å². The molecule has 1 aliphatic rings. The highest BCUT2D eigenvalue weighted by atomic mass is 16.5. The predicted molar refractivity (Wildman–Crippen MR) is 80.8 cm³/mol. The molecule has 0 fully saturated rings. The number of hydrogen-bond donors (Lipinski definition) is 2. The average Bonchev–Trinajstić information content (AvgIpc) is 3.04. The average molecular weight is 299 g/mol. The number of benzene rings is 1. The van der Waals surface area contributed by atoms with Crippen molar-refractivity contribution < 1.29 is 14.1 Å². The first-order chi connectivity index (χ1) is 10.6. The summed E-state index contributed by atoms with van der Waals surface area (Å²) in [5.74, 6) is 0.117. The molecule has 0 spiro atoms. The Kier molecular flexibility index (Phi) is 3.66. The van der Waals surface area contributed by atoms with Crippen LogP contribution in [0.2, 0.25) is 0 Å². The summed E-state index contributed by atoms with van der Waals surface area (Å²) in [7, 11) is 0. The maximum Gasteiger partial charge on any atom is 0.261 e. The Balaban J connectivity index is 1.92. The predicted octanol–water partition coefficient (Wildman–Crippen LogP) is 2.43. The Bertz CT molecular complexity index is 749. The first-order valence-corrected chi connectivity index (χ1v) is 7.28. The van der Waals surface area contributed by atoms with Gasteiger partial charge in [-0.15, -0.1) is 0 Å². The number of aryl methyl sites for hydroxylation is 2. The van der Waals surface area contributed by atoms with E-state index in [1.54, 1.807) is 13.0 Å². The lowest BCUT2D eigenvalue weighted by Gasteiger charge is -2.09. The molecule has 1 aromatic carbocycles. The second-order valence-corrected chi connectivity index (χ2v) is 5.29. The van der Waals surface area contributed by atoms with Crippen molar-refractivity contribution in [3.8, 4) is 0 Å². The number of anilines is 1. The van der Waals surface area contributed by atoms with Gasteiger partial charge in [-0.1, -0.05) is 24.2 Å². The van der Waals surface area contributed by atoms with E-state index in [0.29, 0.717) is 41.2 Å². The third-order valence-electron chi connectivity index (χ3n) is 3.70. The van der Waals surface area contributed by atoms with Gasteiger partial charge in [-0.2, -0.15) is 0 Å². The zero-order valence-electron chi connectivity index (χ0n) is 12.5. The lowest BCUT2D eigenvalue weighted by Crippen LogP contribution is -2.18. The van der Waals surface area contributed by atoms with Crippen LogP contribution in [0.4, 0.5) is 5.69 Å². The zero-order valence-corrected chi connectivity index (χ0v) is 12.5. The molecule has 1 aliphatic heterocycles. The van der Waals surface area contributed by atoms with E-state index in [2.05, 4.69) is 15.8 Å². The summed E-state index contributed by atoms with van der Waals surface area (Å²) < 4.78 is 5.22. The Morgan fingerprint density at radius 2 is 2.27 bits per heavy atom. The largest absolute Gasteiger partial charge is 0.360 e. The Morgan fingerprint density at radius 3 is 3.05 bits per heavy atom. The molecule has 1 aromatic heterocycles. The third kappa shape index (κ3) is 2.36. The quantitative estimate of drug-likeness (QED) is 0.908. The van der Waals surface area contributed by atoms with Crippen LogP contribution in [0.5, 0.6) is 0 Å². The highest BCUT2D eigenvalue weighted by Crippen LogP contribution is 2.25. The summed E-state index contributed by atoms with van der Waals surface area (Å²) in [5, 5.41) is 9.44. The second kappa shape index (κ2) is 5.63. The van der Waals surface area contributed by atoms with Crippen molar-refractivity contribution in [3.63, 3.8) is 0 Å². The topological polar surface area (TPSA) is 84.2 Å². The van der Waals surface area contributed by atoms with Crippen molar-refractivity contribution in [2.75, 3.05) is 5.32 Å². The summed E-state index contributed by atoms with van der Waals surface area (Å²) in [5.41, 5.74) is 2.94. The molecule has 0 bridgehead atoms. The van der Waals surface area contributed by atoms with Crippen molar-refractivity contribution in [2.24, 2.45) is 0 Å². The highest BCUT2D eigenvalue weighted by Gasteiger charge is 2.25. The molecule has 6 heteroatoms. The van der Waals surface area contributed by atoms with Crippen molar-refractivity contribution >= 4 is 17.5 Å². The lowest BCUT2D eigenvalue weighted by atomic mass is 10.1. The van der Waals surface area contributed by atoms with Crippen LogP contribution in [0.25, 0.3) is 0 Å². The van der Waals surface area contributed by atoms with E-state index in [0.717, 1.165) is 12.0 Å². The fraction of sp³-hybridized carbons (Fsp3) is 0.312. The number of carbonyl (C=O) groups is 2. The molecule has 2 amide bonds. The van der Waals surface area contributed by atoms with Gasteiger partial charge in [0, 0.05) is 13.0 Å². The minimum atomic E-state index is -0.296. The third-order valence-corrected chi connectivity index (χ3v) is 3.70. The van der Waals surface area contributed by atoms with Crippen LogP contribution < -0.4 is 10.6 Å². The number of fused-ring (bicyclic) bond motifs is 1. The second-order valence-electron chi connectivity index (χ2n) is 5.29. The molecule has 0 unspecified atom stereocenters. The van der Waals surface area contributed by atoms with Crippen LogP contribution in [0.3, 0.4) is 0 Å². The van der Waals surface area contributed by atoms with Gasteiger partial charge in [-0.3, -0.25) is 9.59 Å². The van der Waals surface area contributed by atoms with Gasteiger partial charge in [0.15, 0.2) is 0 Å². The van der Waals surface area contributed by atoms with Gasteiger partial charge in [-0.25, -0.2) is 0 Å². The fourth-order valence-electron chi connectivity index (χ4n) is 2.67. The molecule has 2 heterocycles. The van der Waals surface area contributed by atoms with Crippen LogP contribution in [-0.4, -0.2) is 17.0 Å². The van der Waals surface area contributed by atoms with E-state index in [9.17, 15) is 9.59 Å². The van der Waals surface area contributed by atoms with Gasteiger partial charge >= 0.3 is 0 Å². The molecule has 0 saturated carbocycles. The van der Waals surface area contributed by atoms with Gasteiger partial charge in [0.1, 0.15) is 11.3 Å². The van der Waals surface area contributed by atoms with Crippen molar-refractivity contribution in [2.45, 2.75) is 33.2 Å². The lowest BCUT2D eigenvalue weighted by molar-refractivity contribution is 0.0966. The number of aromatic nitrogens is 1. The SMILES string of the molecule is CCCc1onc(C)c1C(=O)Nc1cccc2c1C(=O)NC2. The fourth-order valence-corrected chi connectivity index (χ4v) is 2.67. The van der Waals surface area contributed by atoms with Crippen molar-refractivity contribution in [1.82, 2.24) is 10.5 Å². The first-order valence-electron chi connectivity index (χ1n) is 7.28. The van der Waals surface area contributed by atoms with Gasteiger partial charge in [-0.05, 0) is 25.0 Å². The van der Waals surface area contributed by atoms with E-state index in [-0.39, 0.29) is 11.8 Å². The van der Waals surface area contributed by atoms with Crippen LogP contribution in [0.1, 0.15) is 51.1 Å². The van der Waals surface area contributed by atoms with E-state index >= 15 is 0 Å². The standard InChI is InChI=1S/C16H17N3O3/c1-3-5-12-13(9(2)19-22-12)16(21)18-11-7-4-6-10-8-17-15(20)14(10)11/h4,6-7H,3,5,8H2,1-2H3,(H,17,20)(H,18,21). The molecule has 0 atom stereocenters. The summed E-state index contributed by atoms with van der Waals surface area (Å²) in [4.78, 5) is 24.5. The molecule has 0 radical (unpaired) electrons. The molecule has 2 aromatic rings. The summed E-state index contributed by atoms with van der Waals surface area (Å²) in [6, 6.07) is 5.42. The van der Waals surface area contributed by atoms with Gasteiger partial charge < -0.3 is 15.2 Å². The van der Waals surface area contributed by atoms with Crippen LogP contribution in [-0.2, 0) is 13.0 Å². The van der Waals surface area contributed by atoms with Crippen LogP contribution in [0.15, 0.2) is 22.7 Å². The smallest absolute Gasteiger partial charge is 0.261 e. The Labute approximate surface area is 127 Å². The van der Waals surface area contributed by atoms with Gasteiger partial charge in [0.05, 0.1) is 16.9 Å². The highest BCUT2D eigenvalue weighted by molar-refractivity contribution is 6.11. The van der Waals surface area contributed by atoms with Crippen molar-refractivity contribution in [1.29, 1.82) is 0 Å². The molecule has 0 saturated heterocycles.